The van der Waals surface area contributed by atoms with Crippen molar-refractivity contribution in [2.24, 2.45) is 0 Å². The lowest BCUT2D eigenvalue weighted by atomic mass is 10.1. The Kier molecular flexibility index (Phi) is 9.09. The van der Waals surface area contributed by atoms with Crippen LogP contribution in [0, 0.1) is 0 Å². The summed E-state index contributed by atoms with van der Waals surface area (Å²) in [4.78, 5) is 44.6. The summed E-state index contributed by atoms with van der Waals surface area (Å²) < 4.78 is 0. The van der Waals surface area contributed by atoms with Gasteiger partial charge in [0.1, 0.15) is 0 Å². The summed E-state index contributed by atoms with van der Waals surface area (Å²) in [7, 11) is 1.77. The number of piperazine rings is 1. The smallest absolute Gasteiger partial charge is 0.317 e. The van der Waals surface area contributed by atoms with Gasteiger partial charge in [-0.2, -0.15) is 0 Å². The number of carbonyl (C=O) groups is 3. The summed E-state index contributed by atoms with van der Waals surface area (Å²) in [6.45, 7) is 6.58. The summed E-state index contributed by atoms with van der Waals surface area (Å²) in [6, 6.07) is 21.8. The van der Waals surface area contributed by atoms with Crippen LogP contribution < -0.4 is 15.5 Å². The first-order valence-electron chi connectivity index (χ1n) is 13.0. The van der Waals surface area contributed by atoms with Crippen LogP contribution in [0.25, 0.3) is 0 Å². The third-order valence-electron chi connectivity index (χ3n) is 6.52. The van der Waals surface area contributed by atoms with Gasteiger partial charge in [-0.25, -0.2) is 4.79 Å². The van der Waals surface area contributed by atoms with Gasteiger partial charge in [-0.05, 0) is 61.9 Å². The van der Waals surface area contributed by atoms with Crippen LogP contribution in [-0.2, 0) is 6.54 Å². The van der Waals surface area contributed by atoms with E-state index in [1.807, 2.05) is 50.2 Å². The lowest BCUT2D eigenvalue weighted by Crippen LogP contribution is -2.53. The Morgan fingerprint density at radius 2 is 1.59 bits per heavy atom. The van der Waals surface area contributed by atoms with Crippen LogP contribution >= 0.6 is 11.6 Å². The van der Waals surface area contributed by atoms with Gasteiger partial charge in [-0.15, -0.1) is 0 Å². The van der Waals surface area contributed by atoms with Gasteiger partial charge in [0, 0.05) is 67.8 Å². The molecule has 0 spiro atoms. The molecule has 1 fully saturated rings. The van der Waals surface area contributed by atoms with Crippen molar-refractivity contribution in [3.05, 3.63) is 94.5 Å². The fourth-order valence-electron chi connectivity index (χ4n) is 4.49. The van der Waals surface area contributed by atoms with Crippen LogP contribution in [0.4, 0.5) is 16.2 Å². The van der Waals surface area contributed by atoms with Gasteiger partial charge in [0.25, 0.3) is 11.8 Å². The monoisotopic (exact) mass is 547 g/mol. The molecule has 0 bridgehead atoms. The maximum absolute atomic E-state index is 13.7. The van der Waals surface area contributed by atoms with Crippen molar-refractivity contribution in [1.29, 1.82) is 0 Å². The number of rotatable bonds is 7. The molecular weight excluding hydrogens is 514 g/mol. The van der Waals surface area contributed by atoms with Crippen LogP contribution in [0.1, 0.15) is 40.1 Å². The van der Waals surface area contributed by atoms with E-state index in [2.05, 4.69) is 15.5 Å². The molecule has 1 aliphatic rings. The molecule has 0 aromatic heterocycles. The fourth-order valence-corrected chi connectivity index (χ4v) is 4.61. The van der Waals surface area contributed by atoms with Crippen LogP contribution in [0.2, 0.25) is 5.02 Å². The van der Waals surface area contributed by atoms with Gasteiger partial charge in [0.15, 0.2) is 0 Å². The molecule has 0 unspecified atom stereocenters. The number of anilines is 2. The number of halogens is 1. The summed E-state index contributed by atoms with van der Waals surface area (Å²) in [5.41, 5.74) is 3.26. The average Bonchev–Trinajstić information content (AvgIpc) is 2.93. The first-order valence-corrected chi connectivity index (χ1v) is 13.4. The number of carbonyl (C=O) groups excluding carboxylic acids is 3. The van der Waals surface area contributed by atoms with Crippen molar-refractivity contribution < 1.29 is 14.4 Å². The topological polar surface area (TPSA) is 85.0 Å². The number of urea groups is 1. The van der Waals surface area contributed by atoms with E-state index in [4.69, 9.17) is 11.6 Å². The fraction of sp³-hybridized carbons (Fsp3) is 0.300. The molecule has 204 valence electrons. The lowest BCUT2D eigenvalue weighted by Gasteiger charge is -2.37. The highest BCUT2D eigenvalue weighted by molar-refractivity contribution is 6.30. The van der Waals surface area contributed by atoms with E-state index in [-0.39, 0.29) is 23.9 Å². The Morgan fingerprint density at radius 3 is 2.23 bits per heavy atom. The number of hydrogen-bond acceptors (Lipinski definition) is 4. The molecule has 0 saturated carbocycles. The zero-order chi connectivity index (χ0) is 27.9. The molecule has 4 rings (SSSR count). The number of benzene rings is 3. The molecule has 1 saturated heterocycles. The SMILES string of the molecule is CC(C)NC(=O)N1CCN(c2ccc(NC(=O)c3ccc(Cl)cc3)cc2C(=O)N(C)Cc2ccccc2)CC1. The highest BCUT2D eigenvalue weighted by Gasteiger charge is 2.26. The summed E-state index contributed by atoms with van der Waals surface area (Å²) >= 11 is 5.96. The standard InChI is InChI=1S/C30H34ClN5O3/c1-21(2)32-30(39)36-17-15-35(16-18-36)27-14-13-25(33-28(37)23-9-11-24(31)12-10-23)19-26(27)29(38)34(3)20-22-7-5-4-6-8-22/h4-14,19,21H,15-18,20H2,1-3H3,(H,32,39)(H,33,37). The molecule has 3 aromatic rings. The van der Waals surface area contributed by atoms with Crippen LogP contribution in [0.3, 0.4) is 0 Å². The Morgan fingerprint density at radius 1 is 0.923 bits per heavy atom. The van der Waals surface area contributed by atoms with Crippen molar-refractivity contribution >= 4 is 40.8 Å². The van der Waals surface area contributed by atoms with E-state index < -0.39 is 0 Å². The van der Waals surface area contributed by atoms with E-state index in [1.54, 1.807) is 53.2 Å². The zero-order valence-electron chi connectivity index (χ0n) is 22.5. The van der Waals surface area contributed by atoms with E-state index in [9.17, 15) is 14.4 Å². The highest BCUT2D eigenvalue weighted by atomic mass is 35.5. The van der Waals surface area contributed by atoms with Gasteiger partial charge < -0.3 is 25.3 Å². The molecule has 1 aliphatic heterocycles. The predicted molar refractivity (Wildman–Crippen MR) is 156 cm³/mol. The third kappa shape index (κ3) is 7.29. The molecule has 0 atom stereocenters. The molecule has 1 heterocycles. The number of nitrogens with zero attached hydrogens (tertiary/aromatic N) is 3. The average molecular weight is 548 g/mol. The summed E-state index contributed by atoms with van der Waals surface area (Å²) in [5, 5.41) is 6.38. The molecule has 2 N–H and O–H groups in total. The Balaban J connectivity index is 1.57. The normalized spacial score (nSPS) is 13.3. The lowest BCUT2D eigenvalue weighted by molar-refractivity contribution is 0.0785. The molecule has 4 amide bonds. The van der Waals surface area contributed by atoms with E-state index >= 15 is 0 Å². The minimum absolute atomic E-state index is 0.0653. The van der Waals surface area contributed by atoms with Gasteiger partial charge in [0.05, 0.1) is 5.56 Å². The maximum atomic E-state index is 13.7. The van der Waals surface area contributed by atoms with Gasteiger partial charge in [-0.3, -0.25) is 9.59 Å². The number of hydrogen-bond donors (Lipinski definition) is 2. The second-order valence-electron chi connectivity index (χ2n) is 9.92. The van der Waals surface area contributed by atoms with Crippen LogP contribution in [-0.4, -0.2) is 66.9 Å². The van der Waals surface area contributed by atoms with Crippen molar-refractivity contribution in [1.82, 2.24) is 15.1 Å². The van der Waals surface area contributed by atoms with E-state index in [1.165, 1.54) is 0 Å². The molecule has 39 heavy (non-hydrogen) atoms. The van der Waals surface area contributed by atoms with E-state index in [0.29, 0.717) is 54.6 Å². The maximum Gasteiger partial charge on any atom is 0.317 e. The van der Waals surface area contributed by atoms with Crippen molar-refractivity contribution in [2.45, 2.75) is 26.4 Å². The molecule has 3 aromatic carbocycles. The number of nitrogens with one attached hydrogen (secondary N) is 2. The van der Waals surface area contributed by atoms with Gasteiger partial charge in [0.2, 0.25) is 0 Å². The minimum Gasteiger partial charge on any atom is -0.367 e. The molecule has 0 aliphatic carbocycles. The molecule has 0 radical (unpaired) electrons. The van der Waals surface area contributed by atoms with Crippen molar-refractivity contribution in [2.75, 3.05) is 43.4 Å². The zero-order valence-corrected chi connectivity index (χ0v) is 23.2. The van der Waals surface area contributed by atoms with Gasteiger partial charge in [-0.1, -0.05) is 41.9 Å². The Hall–Kier alpha value is -4.04. The molecular formula is C30H34ClN5O3. The third-order valence-corrected chi connectivity index (χ3v) is 6.77. The van der Waals surface area contributed by atoms with E-state index in [0.717, 1.165) is 11.3 Å². The van der Waals surface area contributed by atoms with Crippen LogP contribution in [0.5, 0.6) is 0 Å². The highest BCUT2D eigenvalue weighted by Crippen LogP contribution is 2.28. The Bertz CT molecular complexity index is 1310. The largest absolute Gasteiger partial charge is 0.367 e. The predicted octanol–water partition coefficient (Wildman–Crippen LogP) is 5.10. The summed E-state index contributed by atoms with van der Waals surface area (Å²) in [6.07, 6.45) is 0. The van der Waals surface area contributed by atoms with Gasteiger partial charge >= 0.3 is 6.03 Å². The Labute approximate surface area is 234 Å². The first-order chi connectivity index (χ1) is 18.7. The van der Waals surface area contributed by atoms with Crippen LogP contribution in [0.15, 0.2) is 72.8 Å². The number of amides is 4. The quantitative estimate of drug-likeness (QED) is 0.431. The minimum atomic E-state index is -0.291. The second-order valence-corrected chi connectivity index (χ2v) is 10.4. The first kappa shape index (κ1) is 28.0. The summed E-state index contributed by atoms with van der Waals surface area (Å²) in [5.74, 6) is -0.448. The van der Waals surface area contributed by atoms with Crippen molar-refractivity contribution in [3.63, 3.8) is 0 Å². The second kappa shape index (κ2) is 12.7. The van der Waals surface area contributed by atoms with Crippen molar-refractivity contribution in [3.8, 4) is 0 Å². The molecule has 8 nitrogen and oxygen atoms in total. The molecule has 9 heteroatoms.